The third-order valence-electron chi connectivity index (χ3n) is 2.90. The van der Waals surface area contributed by atoms with E-state index in [1.807, 2.05) is 0 Å². The summed E-state index contributed by atoms with van der Waals surface area (Å²) in [4.78, 5) is 0. The summed E-state index contributed by atoms with van der Waals surface area (Å²) < 4.78 is 10.6. The van der Waals surface area contributed by atoms with E-state index >= 15 is 0 Å². The number of methoxy groups -OCH3 is 2. The van der Waals surface area contributed by atoms with Gasteiger partial charge in [-0.2, -0.15) is 0 Å². The maximum Gasteiger partial charge on any atom is 0.161 e. The molecule has 0 fully saturated rings. The molecule has 0 saturated heterocycles. The van der Waals surface area contributed by atoms with Crippen molar-refractivity contribution in [1.29, 1.82) is 0 Å². The summed E-state index contributed by atoms with van der Waals surface area (Å²) >= 11 is 0. The van der Waals surface area contributed by atoms with Gasteiger partial charge in [0.05, 0.1) is 14.2 Å². The molecule has 0 amide bonds. The molecule has 0 unspecified atom stereocenters. The zero-order valence-corrected chi connectivity index (χ0v) is 9.46. The Morgan fingerprint density at radius 3 is 2.40 bits per heavy atom. The molecule has 2 heteroatoms. The SMILES string of the molecule is COc1cc2c(cc1OC)C(C)=CCC2. The molecular weight excluding hydrogens is 188 g/mol. The van der Waals surface area contributed by atoms with Crippen molar-refractivity contribution < 1.29 is 9.47 Å². The van der Waals surface area contributed by atoms with E-state index in [2.05, 4.69) is 25.1 Å². The lowest BCUT2D eigenvalue weighted by Gasteiger charge is -2.18. The topological polar surface area (TPSA) is 18.5 Å². The summed E-state index contributed by atoms with van der Waals surface area (Å²) in [5.41, 5.74) is 3.98. The summed E-state index contributed by atoms with van der Waals surface area (Å²) in [7, 11) is 3.35. The van der Waals surface area contributed by atoms with Crippen molar-refractivity contribution in [3.63, 3.8) is 0 Å². The van der Waals surface area contributed by atoms with Gasteiger partial charge in [0.1, 0.15) is 0 Å². The van der Waals surface area contributed by atoms with Crippen molar-refractivity contribution in [2.24, 2.45) is 0 Å². The molecule has 1 aliphatic rings. The third-order valence-corrected chi connectivity index (χ3v) is 2.90. The Morgan fingerprint density at radius 1 is 1.07 bits per heavy atom. The summed E-state index contributed by atoms with van der Waals surface area (Å²) in [6.07, 6.45) is 4.48. The molecule has 15 heavy (non-hydrogen) atoms. The predicted molar refractivity (Wildman–Crippen MR) is 61.5 cm³/mol. The van der Waals surface area contributed by atoms with E-state index in [0.29, 0.717) is 0 Å². The van der Waals surface area contributed by atoms with Crippen LogP contribution in [-0.4, -0.2) is 14.2 Å². The minimum atomic E-state index is 0.811. The van der Waals surface area contributed by atoms with Gasteiger partial charge in [-0.3, -0.25) is 0 Å². The molecular formula is C13H16O2. The highest BCUT2D eigenvalue weighted by molar-refractivity contribution is 5.71. The van der Waals surface area contributed by atoms with Gasteiger partial charge >= 0.3 is 0 Å². The predicted octanol–water partition coefficient (Wildman–Crippen LogP) is 3.05. The van der Waals surface area contributed by atoms with E-state index in [1.165, 1.54) is 16.7 Å². The maximum atomic E-state index is 5.30. The van der Waals surface area contributed by atoms with Crippen molar-refractivity contribution in [2.75, 3.05) is 14.2 Å². The molecule has 0 aromatic heterocycles. The Hall–Kier alpha value is -1.44. The van der Waals surface area contributed by atoms with E-state index in [4.69, 9.17) is 9.47 Å². The van der Waals surface area contributed by atoms with Gasteiger partial charge in [-0.05, 0) is 48.6 Å². The van der Waals surface area contributed by atoms with Crippen LogP contribution >= 0.6 is 0 Å². The largest absolute Gasteiger partial charge is 0.493 e. The number of benzene rings is 1. The second-order valence-electron chi connectivity index (χ2n) is 3.79. The monoisotopic (exact) mass is 204 g/mol. The first-order valence-corrected chi connectivity index (χ1v) is 5.18. The minimum absolute atomic E-state index is 0.811. The molecule has 0 heterocycles. The average Bonchev–Trinajstić information content (AvgIpc) is 2.28. The van der Waals surface area contributed by atoms with Crippen molar-refractivity contribution in [2.45, 2.75) is 19.8 Å². The van der Waals surface area contributed by atoms with Crippen molar-refractivity contribution in [3.8, 4) is 11.5 Å². The standard InChI is InChI=1S/C13H16O2/c1-9-5-4-6-10-7-12(14-2)13(15-3)8-11(9)10/h5,7-8H,4,6H2,1-3H3. The van der Waals surface area contributed by atoms with Crippen LogP contribution in [0, 0.1) is 0 Å². The first kappa shape index (κ1) is 10.1. The number of allylic oxidation sites excluding steroid dienone is 2. The van der Waals surface area contributed by atoms with E-state index in [-0.39, 0.29) is 0 Å². The van der Waals surface area contributed by atoms with Crippen molar-refractivity contribution in [1.82, 2.24) is 0 Å². The fourth-order valence-electron chi connectivity index (χ4n) is 2.05. The first-order valence-electron chi connectivity index (χ1n) is 5.18. The quantitative estimate of drug-likeness (QED) is 0.737. The van der Waals surface area contributed by atoms with Gasteiger partial charge < -0.3 is 9.47 Å². The highest BCUT2D eigenvalue weighted by Crippen LogP contribution is 2.36. The molecule has 0 spiro atoms. The smallest absolute Gasteiger partial charge is 0.161 e. The van der Waals surface area contributed by atoms with E-state index < -0.39 is 0 Å². The van der Waals surface area contributed by atoms with Gasteiger partial charge in [0.2, 0.25) is 0 Å². The molecule has 1 aromatic rings. The molecule has 0 N–H and O–H groups in total. The van der Waals surface area contributed by atoms with Gasteiger partial charge in [0, 0.05) is 0 Å². The zero-order valence-electron chi connectivity index (χ0n) is 9.46. The van der Waals surface area contributed by atoms with Gasteiger partial charge in [-0.15, -0.1) is 0 Å². The molecule has 2 nitrogen and oxygen atoms in total. The number of ether oxygens (including phenoxy) is 2. The molecule has 0 saturated carbocycles. The Morgan fingerprint density at radius 2 is 1.73 bits per heavy atom. The summed E-state index contributed by atoms with van der Waals surface area (Å²) in [5.74, 6) is 1.64. The fourth-order valence-corrected chi connectivity index (χ4v) is 2.05. The van der Waals surface area contributed by atoms with Crippen LogP contribution in [0.5, 0.6) is 11.5 Å². The third kappa shape index (κ3) is 1.72. The number of fused-ring (bicyclic) bond motifs is 1. The van der Waals surface area contributed by atoms with Crippen LogP contribution in [0.15, 0.2) is 18.2 Å². The Balaban J connectivity index is 2.55. The number of hydrogen-bond acceptors (Lipinski definition) is 2. The maximum absolute atomic E-state index is 5.30. The highest BCUT2D eigenvalue weighted by Gasteiger charge is 2.14. The van der Waals surface area contributed by atoms with Crippen molar-refractivity contribution >= 4 is 5.57 Å². The molecule has 0 bridgehead atoms. The lowest BCUT2D eigenvalue weighted by atomic mass is 9.91. The van der Waals surface area contributed by atoms with E-state index in [0.717, 1.165) is 24.3 Å². The molecule has 0 radical (unpaired) electrons. The van der Waals surface area contributed by atoms with Crippen LogP contribution in [0.1, 0.15) is 24.5 Å². The van der Waals surface area contributed by atoms with Crippen LogP contribution in [0.3, 0.4) is 0 Å². The second-order valence-corrected chi connectivity index (χ2v) is 3.79. The molecule has 1 aliphatic carbocycles. The van der Waals surface area contributed by atoms with Gasteiger partial charge in [-0.1, -0.05) is 6.08 Å². The van der Waals surface area contributed by atoms with Gasteiger partial charge in [0.15, 0.2) is 11.5 Å². The number of rotatable bonds is 2. The molecule has 0 atom stereocenters. The van der Waals surface area contributed by atoms with Gasteiger partial charge in [0.25, 0.3) is 0 Å². The Kier molecular flexibility index (Phi) is 2.67. The second kappa shape index (κ2) is 3.97. The molecule has 2 rings (SSSR count). The first-order chi connectivity index (χ1) is 7.26. The zero-order chi connectivity index (χ0) is 10.8. The summed E-state index contributed by atoms with van der Waals surface area (Å²) in [6, 6.07) is 4.16. The Bertz CT molecular complexity index is 405. The highest BCUT2D eigenvalue weighted by atomic mass is 16.5. The summed E-state index contributed by atoms with van der Waals surface area (Å²) in [5, 5.41) is 0. The van der Waals surface area contributed by atoms with Crippen LogP contribution < -0.4 is 9.47 Å². The summed E-state index contributed by atoms with van der Waals surface area (Å²) in [6.45, 7) is 2.14. The van der Waals surface area contributed by atoms with Crippen molar-refractivity contribution in [3.05, 3.63) is 29.3 Å². The lowest BCUT2D eigenvalue weighted by molar-refractivity contribution is 0.354. The average molecular weight is 204 g/mol. The normalized spacial score (nSPS) is 14.2. The number of aryl methyl sites for hydroxylation is 1. The molecule has 80 valence electrons. The van der Waals surface area contributed by atoms with Crippen LogP contribution in [-0.2, 0) is 6.42 Å². The Labute approximate surface area is 90.5 Å². The molecule has 0 aliphatic heterocycles. The van der Waals surface area contributed by atoms with Crippen LogP contribution in [0.25, 0.3) is 5.57 Å². The number of hydrogen-bond donors (Lipinski definition) is 0. The van der Waals surface area contributed by atoms with Gasteiger partial charge in [-0.25, -0.2) is 0 Å². The van der Waals surface area contributed by atoms with E-state index in [1.54, 1.807) is 14.2 Å². The fraction of sp³-hybridized carbons (Fsp3) is 0.385. The lowest BCUT2D eigenvalue weighted by Crippen LogP contribution is -2.00. The van der Waals surface area contributed by atoms with E-state index in [9.17, 15) is 0 Å². The van der Waals surface area contributed by atoms with Crippen LogP contribution in [0.4, 0.5) is 0 Å². The minimum Gasteiger partial charge on any atom is -0.493 e. The molecule has 1 aromatic carbocycles. The van der Waals surface area contributed by atoms with Crippen LogP contribution in [0.2, 0.25) is 0 Å².